The number of carbonyl (C=O) groups is 2. The predicted octanol–water partition coefficient (Wildman–Crippen LogP) is 4.10. The SMILES string of the molecule is CCc1c(C(=O)OCC(=O)Nc2c(C)cccc2[N+](=O)[O-])cnn1-c1cccc(Cl)c1. The van der Waals surface area contributed by atoms with Crippen molar-refractivity contribution in [2.75, 3.05) is 11.9 Å². The number of aryl methyl sites for hydroxylation is 1. The molecule has 0 radical (unpaired) electrons. The molecule has 0 saturated heterocycles. The van der Waals surface area contributed by atoms with Crippen LogP contribution in [-0.4, -0.2) is 33.2 Å². The van der Waals surface area contributed by atoms with Crippen molar-refractivity contribution in [3.05, 3.63) is 80.6 Å². The highest BCUT2D eigenvalue weighted by Gasteiger charge is 2.21. The molecule has 0 bridgehead atoms. The van der Waals surface area contributed by atoms with E-state index in [9.17, 15) is 19.7 Å². The molecule has 0 aliphatic rings. The highest BCUT2D eigenvalue weighted by atomic mass is 35.5. The Morgan fingerprint density at radius 2 is 2.00 bits per heavy atom. The number of hydrogen-bond acceptors (Lipinski definition) is 6. The molecule has 3 aromatic rings. The van der Waals surface area contributed by atoms with E-state index in [-0.39, 0.29) is 16.9 Å². The lowest BCUT2D eigenvalue weighted by molar-refractivity contribution is -0.384. The Labute approximate surface area is 182 Å². The number of rotatable bonds is 7. The fourth-order valence-corrected chi connectivity index (χ4v) is 3.25. The van der Waals surface area contributed by atoms with Crippen molar-refractivity contribution in [2.45, 2.75) is 20.3 Å². The summed E-state index contributed by atoms with van der Waals surface area (Å²) in [7, 11) is 0. The molecule has 0 saturated carbocycles. The maximum absolute atomic E-state index is 12.5. The van der Waals surface area contributed by atoms with E-state index >= 15 is 0 Å². The van der Waals surface area contributed by atoms with Crippen LogP contribution in [0.5, 0.6) is 0 Å². The molecule has 31 heavy (non-hydrogen) atoms. The minimum absolute atomic E-state index is 0.0663. The second kappa shape index (κ2) is 9.40. The zero-order valence-corrected chi connectivity index (χ0v) is 17.5. The number of ether oxygens (including phenoxy) is 1. The summed E-state index contributed by atoms with van der Waals surface area (Å²) in [4.78, 5) is 35.4. The van der Waals surface area contributed by atoms with Crippen LogP contribution in [0.15, 0.2) is 48.7 Å². The Hall–Kier alpha value is -3.72. The first-order valence-electron chi connectivity index (χ1n) is 9.35. The first kappa shape index (κ1) is 22.0. The molecule has 0 atom stereocenters. The summed E-state index contributed by atoms with van der Waals surface area (Å²) >= 11 is 6.03. The topological polar surface area (TPSA) is 116 Å². The largest absolute Gasteiger partial charge is 0.452 e. The van der Waals surface area contributed by atoms with Gasteiger partial charge in [0.25, 0.3) is 11.6 Å². The fraction of sp³-hybridized carbons (Fsp3) is 0.190. The van der Waals surface area contributed by atoms with Crippen molar-refractivity contribution < 1.29 is 19.2 Å². The molecule has 1 aromatic heterocycles. The van der Waals surface area contributed by atoms with Crippen molar-refractivity contribution in [1.82, 2.24) is 9.78 Å². The third-order valence-corrected chi connectivity index (χ3v) is 4.76. The van der Waals surface area contributed by atoms with Gasteiger partial charge in [0.1, 0.15) is 11.3 Å². The van der Waals surface area contributed by atoms with Crippen molar-refractivity contribution in [2.24, 2.45) is 0 Å². The van der Waals surface area contributed by atoms with Gasteiger partial charge in [0.05, 0.1) is 22.5 Å². The zero-order chi connectivity index (χ0) is 22.5. The quantitative estimate of drug-likeness (QED) is 0.334. The maximum Gasteiger partial charge on any atom is 0.342 e. The predicted molar refractivity (Wildman–Crippen MR) is 115 cm³/mol. The van der Waals surface area contributed by atoms with Crippen molar-refractivity contribution in [3.63, 3.8) is 0 Å². The molecule has 0 unspecified atom stereocenters. The zero-order valence-electron chi connectivity index (χ0n) is 16.8. The minimum atomic E-state index is -0.723. The summed E-state index contributed by atoms with van der Waals surface area (Å²) in [6.07, 6.45) is 1.85. The summed E-state index contributed by atoms with van der Waals surface area (Å²) in [5.41, 5.74) is 1.85. The number of hydrogen-bond donors (Lipinski definition) is 1. The van der Waals surface area contributed by atoms with Crippen molar-refractivity contribution >= 4 is 34.9 Å². The number of nitro benzene ring substituents is 1. The average Bonchev–Trinajstić information content (AvgIpc) is 3.17. The van der Waals surface area contributed by atoms with E-state index in [1.54, 1.807) is 41.9 Å². The van der Waals surface area contributed by atoms with Crippen LogP contribution < -0.4 is 5.32 Å². The number of para-hydroxylation sites is 1. The van der Waals surface area contributed by atoms with Crippen LogP contribution in [0.1, 0.15) is 28.5 Å². The number of nitro groups is 1. The monoisotopic (exact) mass is 442 g/mol. The number of nitrogens with one attached hydrogen (secondary N) is 1. The molecule has 1 amide bonds. The molecule has 0 spiro atoms. The van der Waals surface area contributed by atoms with Crippen LogP contribution in [0.3, 0.4) is 0 Å². The van der Waals surface area contributed by atoms with Gasteiger partial charge in [-0.3, -0.25) is 14.9 Å². The van der Waals surface area contributed by atoms with Gasteiger partial charge in [-0.05, 0) is 37.1 Å². The first-order chi connectivity index (χ1) is 14.8. The fourth-order valence-electron chi connectivity index (χ4n) is 3.07. The molecule has 0 aliphatic carbocycles. The van der Waals surface area contributed by atoms with Crippen LogP contribution in [0.2, 0.25) is 5.02 Å². The summed E-state index contributed by atoms with van der Waals surface area (Å²) in [6.45, 7) is 2.89. The molecule has 1 heterocycles. The van der Waals surface area contributed by atoms with E-state index in [1.807, 2.05) is 6.92 Å². The number of carbonyl (C=O) groups excluding carboxylic acids is 2. The normalized spacial score (nSPS) is 10.5. The number of halogens is 1. The van der Waals surface area contributed by atoms with Crippen LogP contribution in [0.25, 0.3) is 5.69 Å². The Balaban J connectivity index is 1.72. The van der Waals surface area contributed by atoms with Gasteiger partial charge in [0.15, 0.2) is 6.61 Å². The Kier molecular flexibility index (Phi) is 6.66. The van der Waals surface area contributed by atoms with E-state index < -0.39 is 23.4 Å². The van der Waals surface area contributed by atoms with Gasteiger partial charge in [0.2, 0.25) is 0 Å². The molecule has 160 valence electrons. The van der Waals surface area contributed by atoms with Gasteiger partial charge in [-0.1, -0.05) is 36.7 Å². The van der Waals surface area contributed by atoms with E-state index in [1.165, 1.54) is 18.3 Å². The third-order valence-electron chi connectivity index (χ3n) is 4.52. The average molecular weight is 443 g/mol. The third kappa shape index (κ3) is 4.89. The maximum atomic E-state index is 12.5. The van der Waals surface area contributed by atoms with Gasteiger partial charge in [-0.2, -0.15) is 5.10 Å². The van der Waals surface area contributed by atoms with Gasteiger partial charge in [0, 0.05) is 11.1 Å². The van der Waals surface area contributed by atoms with E-state index in [4.69, 9.17) is 16.3 Å². The van der Waals surface area contributed by atoms with Gasteiger partial charge < -0.3 is 10.1 Å². The van der Waals surface area contributed by atoms with E-state index in [0.29, 0.717) is 28.4 Å². The summed E-state index contributed by atoms with van der Waals surface area (Å²) in [6, 6.07) is 11.4. The van der Waals surface area contributed by atoms with Crippen molar-refractivity contribution in [1.29, 1.82) is 0 Å². The molecule has 9 nitrogen and oxygen atoms in total. The highest BCUT2D eigenvalue weighted by molar-refractivity contribution is 6.30. The lowest BCUT2D eigenvalue weighted by Crippen LogP contribution is -2.22. The second-order valence-electron chi connectivity index (χ2n) is 6.60. The van der Waals surface area contributed by atoms with Gasteiger partial charge >= 0.3 is 5.97 Å². The van der Waals surface area contributed by atoms with Gasteiger partial charge in [-0.15, -0.1) is 0 Å². The van der Waals surface area contributed by atoms with Gasteiger partial charge in [-0.25, -0.2) is 9.48 Å². The Bertz CT molecular complexity index is 1160. The summed E-state index contributed by atoms with van der Waals surface area (Å²) < 4.78 is 6.70. The highest BCUT2D eigenvalue weighted by Crippen LogP contribution is 2.27. The Morgan fingerprint density at radius 1 is 1.26 bits per heavy atom. The number of aromatic nitrogens is 2. The molecule has 1 N–H and O–H groups in total. The van der Waals surface area contributed by atoms with Crippen LogP contribution in [0, 0.1) is 17.0 Å². The Morgan fingerprint density at radius 3 is 2.68 bits per heavy atom. The van der Waals surface area contributed by atoms with E-state index in [0.717, 1.165) is 0 Å². The molecule has 10 heteroatoms. The number of amides is 1. The lowest BCUT2D eigenvalue weighted by atomic mass is 10.1. The second-order valence-corrected chi connectivity index (χ2v) is 7.04. The molecule has 0 fully saturated rings. The minimum Gasteiger partial charge on any atom is -0.452 e. The standard InChI is InChI=1S/C21H19ClN4O5/c1-3-17-16(11-23-25(17)15-8-5-7-14(22)10-15)21(28)31-12-19(27)24-20-13(2)6-4-9-18(20)26(29)30/h4-11H,3,12H2,1-2H3,(H,24,27). The van der Waals surface area contributed by atoms with Crippen LogP contribution >= 0.6 is 11.6 Å². The first-order valence-corrected chi connectivity index (χ1v) is 9.73. The van der Waals surface area contributed by atoms with Crippen LogP contribution in [0.4, 0.5) is 11.4 Å². The molecular weight excluding hydrogens is 424 g/mol. The van der Waals surface area contributed by atoms with Crippen LogP contribution in [-0.2, 0) is 16.0 Å². The van der Waals surface area contributed by atoms with Crippen molar-refractivity contribution in [3.8, 4) is 5.69 Å². The molecular formula is C21H19ClN4O5. The molecule has 2 aromatic carbocycles. The lowest BCUT2D eigenvalue weighted by Gasteiger charge is -2.10. The number of esters is 1. The number of nitrogens with zero attached hydrogens (tertiary/aromatic N) is 3. The molecule has 3 rings (SSSR count). The van der Waals surface area contributed by atoms with E-state index in [2.05, 4.69) is 10.4 Å². The number of benzene rings is 2. The summed E-state index contributed by atoms with van der Waals surface area (Å²) in [5, 5.41) is 18.4. The number of anilines is 1. The smallest absolute Gasteiger partial charge is 0.342 e. The summed E-state index contributed by atoms with van der Waals surface area (Å²) in [5.74, 6) is -1.41. The molecule has 0 aliphatic heterocycles.